The summed E-state index contributed by atoms with van der Waals surface area (Å²) in [7, 11) is 0. The molecule has 3 aliphatic rings. The van der Waals surface area contributed by atoms with Crippen molar-refractivity contribution in [1.82, 2.24) is 14.7 Å². The number of carbonyl (C=O) groups is 2. The molecule has 0 bridgehead atoms. The van der Waals surface area contributed by atoms with E-state index in [9.17, 15) is 14.0 Å². The largest absolute Gasteiger partial charge is 0.444 e. The smallest absolute Gasteiger partial charge is 0.410 e. The van der Waals surface area contributed by atoms with Gasteiger partial charge in [0.2, 0.25) is 5.91 Å². The summed E-state index contributed by atoms with van der Waals surface area (Å²) in [5, 5.41) is 0. The zero-order chi connectivity index (χ0) is 23.6. The predicted octanol–water partition coefficient (Wildman–Crippen LogP) is 4.08. The molecule has 2 unspecified atom stereocenters. The first-order chi connectivity index (χ1) is 15.7. The standard InChI is InChI=1S/C26H38FN3O3/c1-26(2,3)33-25(32)30-18-20(16-19-8-10-21(27)11-9-19)17-23(30)24(31)29-13-5-12-28(14-15-29)22-6-4-7-22/h8-11,20,22-23H,4-7,12-18H2,1-3H3. The van der Waals surface area contributed by atoms with Crippen LogP contribution in [-0.4, -0.2) is 77.1 Å². The minimum absolute atomic E-state index is 0.0397. The first-order valence-corrected chi connectivity index (χ1v) is 12.5. The zero-order valence-corrected chi connectivity index (χ0v) is 20.3. The van der Waals surface area contributed by atoms with Gasteiger partial charge in [-0.15, -0.1) is 0 Å². The SMILES string of the molecule is CC(C)(C)OC(=O)N1CC(Cc2ccc(F)cc2)CC1C(=O)N1CCCN(C2CCC2)CC1. The van der Waals surface area contributed by atoms with Crippen LogP contribution in [0, 0.1) is 11.7 Å². The fourth-order valence-electron chi connectivity index (χ4n) is 5.27. The van der Waals surface area contributed by atoms with Crippen molar-refractivity contribution < 1.29 is 18.7 Å². The molecular formula is C26H38FN3O3. The van der Waals surface area contributed by atoms with Crippen LogP contribution < -0.4 is 0 Å². The number of carbonyl (C=O) groups excluding carboxylic acids is 2. The molecule has 33 heavy (non-hydrogen) atoms. The van der Waals surface area contributed by atoms with Crippen molar-refractivity contribution in [2.45, 2.75) is 77.0 Å². The van der Waals surface area contributed by atoms with Crippen LogP contribution in [0.1, 0.15) is 58.4 Å². The number of nitrogens with zero attached hydrogens (tertiary/aromatic N) is 3. The van der Waals surface area contributed by atoms with E-state index in [4.69, 9.17) is 4.74 Å². The van der Waals surface area contributed by atoms with Crippen molar-refractivity contribution in [1.29, 1.82) is 0 Å². The van der Waals surface area contributed by atoms with Crippen LogP contribution in [0.5, 0.6) is 0 Å². The third kappa shape index (κ3) is 6.05. The van der Waals surface area contributed by atoms with Crippen molar-refractivity contribution >= 4 is 12.0 Å². The summed E-state index contributed by atoms with van der Waals surface area (Å²) >= 11 is 0. The summed E-state index contributed by atoms with van der Waals surface area (Å²) in [6, 6.07) is 6.68. The van der Waals surface area contributed by atoms with E-state index in [1.54, 1.807) is 17.0 Å². The molecule has 2 saturated heterocycles. The summed E-state index contributed by atoms with van der Waals surface area (Å²) in [5.74, 6) is -0.0842. The van der Waals surface area contributed by atoms with Crippen LogP contribution in [0.3, 0.4) is 0 Å². The van der Waals surface area contributed by atoms with Crippen LogP contribution in [0.25, 0.3) is 0 Å². The van der Waals surface area contributed by atoms with Gasteiger partial charge in [0.1, 0.15) is 17.5 Å². The fraction of sp³-hybridized carbons (Fsp3) is 0.692. The molecule has 0 aromatic heterocycles. The first kappa shape index (κ1) is 24.0. The van der Waals surface area contributed by atoms with Crippen LogP contribution in [0.2, 0.25) is 0 Å². The highest BCUT2D eigenvalue weighted by Gasteiger charge is 2.43. The van der Waals surface area contributed by atoms with Gasteiger partial charge in [-0.1, -0.05) is 18.6 Å². The van der Waals surface area contributed by atoms with Crippen LogP contribution in [0.4, 0.5) is 9.18 Å². The van der Waals surface area contributed by atoms with Crippen molar-refractivity contribution in [2.24, 2.45) is 5.92 Å². The predicted molar refractivity (Wildman–Crippen MR) is 125 cm³/mol. The number of halogens is 1. The number of ether oxygens (including phenoxy) is 1. The fourth-order valence-corrected chi connectivity index (χ4v) is 5.27. The molecule has 1 saturated carbocycles. The number of hydrogen-bond donors (Lipinski definition) is 0. The Labute approximate surface area is 197 Å². The Morgan fingerprint density at radius 3 is 2.39 bits per heavy atom. The molecule has 4 rings (SSSR count). The second-order valence-electron chi connectivity index (χ2n) is 10.9. The first-order valence-electron chi connectivity index (χ1n) is 12.5. The maximum absolute atomic E-state index is 13.6. The number of rotatable bonds is 4. The molecule has 2 amide bonds. The van der Waals surface area contributed by atoms with Gasteiger partial charge in [-0.3, -0.25) is 14.6 Å². The average Bonchev–Trinajstić information content (AvgIpc) is 2.98. The van der Waals surface area contributed by atoms with Crippen LogP contribution in [0.15, 0.2) is 24.3 Å². The summed E-state index contributed by atoms with van der Waals surface area (Å²) in [5.41, 5.74) is 0.399. The van der Waals surface area contributed by atoms with Crippen LogP contribution >= 0.6 is 0 Å². The highest BCUT2D eigenvalue weighted by molar-refractivity contribution is 5.86. The molecule has 0 spiro atoms. The molecule has 1 aromatic carbocycles. The molecular weight excluding hydrogens is 421 g/mol. The number of benzene rings is 1. The lowest BCUT2D eigenvalue weighted by molar-refractivity contribution is -0.135. The van der Waals surface area contributed by atoms with Crippen molar-refractivity contribution in [3.8, 4) is 0 Å². The van der Waals surface area contributed by atoms with Crippen molar-refractivity contribution in [3.63, 3.8) is 0 Å². The van der Waals surface area contributed by atoms with Gasteiger partial charge in [0, 0.05) is 38.8 Å². The Kier molecular flexibility index (Phi) is 7.27. The van der Waals surface area contributed by atoms with Gasteiger partial charge >= 0.3 is 6.09 Å². The highest BCUT2D eigenvalue weighted by atomic mass is 19.1. The molecule has 182 valence electrons. The maximum atomic E-state index is 13.6. The van der Waals surface area contributed by atoms with E-state index in [0.717, 1.165) is 38.2 Å². The Morgan fingerprint density at radius 2 is 1.76 bits per heavy atom. The topological polar surface area (TPSA) is 53.1 Å². The lowest BCUT2D eigenvalue weighted by Gasteiger charge is -2.37. The molecule has 1 aliphatic carbocycles. The second kappa shape index (κ2) is 10.00. The Balaban J connectivity index is 1.45. The van der Waals surface area contributed by atoms with E-state index in [1.807, 2.05) is 25.7 Å². The maximum Gasteiger partial charge on any atom is 0.410 e. The van der Waals surface area contributed by atoms with E-state index in [2.05, 4.69) is 4.90 Å². The summed E-state index contributed by atoms with van der Waals surface area (Å²) in [6.07, 6.45) is 5.72. The lowest BCUT2D eigenvalue weighted by Crippen LogP contribution is -2.50. The second-order valence-corrected chi connectivity index (χ2v) is 10.9. The van der Waals surface area contributed by atoms with E-state index < -0.39 is 17.7 Å². The van der Waals surface area contributed by atoms with Gasteiger partial charge in [0.05, 0.1) is 0 Å². The molecule has 7 heteroatoms. The molecule has 2 heterocycles. The Hall–Kier alpha value is -2.15. The molecule has 2 aliphatic heterocycles. The zero-order valence-electron chi connectivity index (χ0n) is 20.3. The van der Waals surface area contributed by atoms with E-state index in [1.165, 1.54) is 31.4 Å². The van der Waals surface area contributed by atoms with E-state index in [-0.39, 0.29) is 17.6 Å². The van der Waals surface area contributed by atoms with Gasteiger partial charge in [-0.05, 0) is 76.5 Å². The lowest BCUT2D eigenvalue weighted by atomic mass is 9.91. The summed E-state index contributed by atoms with van der Waals surface area (Å²) in [4.78, 5) is 32.8. The highest BCUT2D eigenvalue weighted by Crippen LogP contribution is 2.30. The molecule has 6 nitrogen and oxygen atoms in total. The van der Waals surface area contributed by atoms with E-state index >= 15 is 0 Å². The normalized spacial score (nSPS) is 25.0. The van der Waals surface area contributed by atoms with Gasteiger partial charge in [0.25, 0.3) is 0 Å². The minimum Gasteiger partial charge on any atom is -0.444 e. The monoisotopic (exact) mass is 459 g/mol. The number of likely N-dealkylation sites (tertiary alicyclic amines) is 1. The minimum atomic E-state index is -0.619. The van der Waals surface area contributed by atoms with Gasteiger partial charge in [0.15, 0.2) is 0 Å². The third-order valence-electron chi connectivity index (χ3n) is 7.17. The van der Waals surface area contributed by atoms with E-state index in [0.29, 0.717) is 25.4 Å². The Morgan fingerprint density at radius 1 is 1.03 bits per heavy atom. The molecule has 0 radical (unpaired) electrons. The molecule has 3 fully saturated rings. The number of amides is 2. The van der Waals surface area contributed by atoms with Gasteiger partial charge < -0.3 is 9.64 Å². The summed E-state index contributed by atoms with van der Waals surface area (Å²) < 4.78 is 19.0. The average molecular weight is 460 g/mol. The van der Waals surface area contributed by atoms with Crippen LogP contribution in [-0.2, 0) is 16.0 Å². The number of hydrogen-bond acceptors (Lipinski definition) is 4. The third-order valence-corrected chi connectivity index (χ3v) is 7.17. The van der Waals surface area contributed by atoms with Crippen molar-refractivity contribution in [3.05, 3.63) is 35.6 Å². The van der Waals surface area contributed by atoms with Crippen molar-refractivity contribution in [2.75, 3.05) is 32.7 Å². The van der Waals surface area contributed by atoms with Gasteiger partial charge in [-0.25, -0.2) is 9.18 Å². The molecule has 2 atom stereocenters. The van der Waals surface area contributed by atoms with Gasteiger partial charge in [-0.2, -0.15) is 0 Å². The quantitative estimate of drug-likeness (QED) is 0.681. The molecule has 1 aromatic rings. The Bertz CT molecular complexity index is 834. The summed E-state index contributed by atoms with van der Waals surface area (Å²) in [6.45, 7) is 9.42. The molecule has 0 N–H and O–H groups in total.